The van der Waals surface area contributed by atoms with Gasteiger partial charge in [0.1, 0.15) is 23.2 Å². The first-order valence-corrected chi connectivity index (χ1v) is 4.32. The predicted octanol–water partition coefficient (Wildman–Crippen LogP) is 3.29. The summed E-state index contributed by atoms with van der Waals surface area (Å²) >= 11 is 0. The average Bonchev–Trinajstić information content (AvgIpc) is 2.57. The van der Waals surface area contributed by atoms with Gasteiger partial charge in [-0.05, 0) is 6.07 Å². The van der Waals surface area contributed by atoms with Gasteiger partial charge < -0.3 is 9.52 Å². The molecule has 0 unspecified atom stereocenters. The van der Waals surface area contributed by atoms with Crippen molar-refractivity contribution in [2.75, 3.05) is 0 Å². The van der Waals surface area contributed by atoms with Crippen LogP contribution in [0.2, 0.25) is 0 Å². The highest BCUT2D eigenvalue weighted by Gasteiger charge is 2.35. The Balaban J connectivity index is 2.76. The van der Waals surface area contributed by atoms with Crippen LogP contribution in [0.3, 0.4) is 0 Å². The molecule has 0 aliphatic rings. The van der Waals surface area contributed by atoms with Crippen LogP contribution in [-0.2, 0) is 6.18 Å². The van der Waals surface area contributed by atoms with Gasteiger partial charge in [-0.1, -0.05) is 0 Å². The van der Waals surface area contributed by atoms with E-state index < -0.39 is 34.5 Å². The van der Waals surface area contributed by atoms with Crippen LogP contribution in [0.25, 0.3) is 11.0 Å². The van der Waals surface area contributed by atoms with Crippen molar-refractivity contribution in [2.45, 2.75) is 6.18 Å². The molecule has 7 heteroatoms. The highest BCUT2D eigenvalue weighted by molar-refractivity contribution is 5.94. The van der Waals surface area contributed by atoms with Gasteiger partial charge in [0.25, 0.3) is 0 Å². The number of hydrogen-bond acceptors (Lipinski definition) is 2. The average molecular weight is 248 g/mol. The second kappa shape index (κ2) is 3.47. The van der Waals surface area contributed by atoms with E-state index in [4.69, 9.17) is 5.11 Å². The number of fused-ring (bicyclic) bond motifs is 1. The van der Waals surface area contributed by atoms with Crippen molar-refractivity contribution in [3.05, 3.63) is 35.3 Å². The lowest BCUT2D eigenvalue weighted by molar-refractivity contribution is -0.136. The van der Waals surface area contributed by atoms with E-state index >= 15 is 0 Å². The zero-order valence-electron chi connectivity index (χ0n) is 8.01. The van der Waals surface area contributed by atoms with E-state index in [1.54, 1.807) is 0 Å². The molecule has 1 N–H and O–H groups in total. The topological polar surface area (TPSA) is 50.4 Å². The summed E-state index contributed by atoms with van der Waals surface area (Å²) < 4.78 is 55.1. The second-order valence-electron chi connectivity index (χ2n) is 3.28. The number of rotatable bonds is 1. The van der Waals surface area contributed by atoms with Crippen molar-refractivity contribution >= 4 is 16.9 Å². The number of furan rings is 1. The van der Waals surface area contributed by atoms with Crippen LogP contribution in [0, 0.1) is 5.82 Å². The number of alkyl halides is 3. The molecule has 0 aliphatic carbocycles. The highest BCUT2D eigenvalue weighted by atomic mass is 19.4. The molecule has 90 valence electrons. The minimum atomic E-state index is -4.68. The maximum Gasteiger partial charge on any atom is 0.420 e. The minimum Gasteiger partial charge on any atom is -0.478 e. The second-order valence-corrected chi connectivity index (χ2v) is 3.28. The van der Waals surface area contributed by atoms with Crippen molar-refractivity contribution in [2.24, 2.45) is 0 Å². The lowest BCUT2D eigenvalue weighted by atomic mass is 10.1. The van der Waals surface area contributed by atoms with Crippen molar-refractivity contribution in [1.29, 1.82) is 0 Å². The van der Waals surface area contributed by atoms with E-state index in [2.05, 4.69) is 4.42 Å². The summed E-state index contributed by atoms with van der Waals surface area (Å²) in [5.74, 6) is -2.79. The van der Waals surface area contributed by atoms with Gasteiger partial charge in [0.15, 0.2) is 0 Å². The Hall–Kier alpha value is -2.05. The summed E-state index contributed by atoms with van der Waals surface area (Å²) in [6, 6.07) is 1.23. The van der Waals surface area contributed by atoms with Crippen LogP contribution in [-0.4, -0.2) is 11.1 Å². The van der Waals surface area contributed by atoms with Crippen molar-refractivity contribution in [3.63, 3.8) is 0 Å². The van der Waals surface area contributed by atoms with Gasteiger partial charge >= 0.3 is 12.1 Å². The summed E-state index contributed by atoms with van der Waals surface area (Å²) in [6.45, 7) is 0. The molecule has 1 aromatic carbocycles. The van der Waals surface area contributed by atoms with Crippen LogP contribution in [0.1, 0.15) is 15.9 Å². The van der Waals surface area contributed by atoms with Gasteiger partial charge in [0.2, 0.25) is 0 Å². The fourth-order valence-electron chi connectivity index (χ4n) is 1.43. The van der Waals surface area contributed by atoms with E-state index in [0.717, 1.165) is 0 Å². The molecule has 2 aromatic rings. The summed E-state index contributed by atoms with van der Waals surface area (Å²) in [4.78, 5) is 10.6. The Bertz CT molecular complexity index is 597. The third-order valence-electron chi connectivity index (χ3n) is 2.20. The molecule has 0 radical (unpaired) electrons. The molecule has 0 fully saturated rings. The van der Waals surface area contributed by atoms with Crippen LogP contribution >= 0.6 is 0 Å². The normalized spacial score (nSPS) is 12.0. The number of carboxylic acids is 1. The number of halogens is 4. The fraction of sp³-hybridized carbons (Fsp3) is 0.100. The molecule has 3 nitrogen and oxygen atoms in total. The Morgan fingerprint density at radius 2 is 1.94 bits per heavy atom. The van der Waals surface area contributed by atoms with E-state index in [-0.39, 0.29) is 5.58 Å². The van der Waals surface area contributed by atoms with Crippen molar-refractivity contribution < 1.29 is 31.9 Å². The summed E-state index contributed by atoms with van der Waals surface area (Å²) in [5, 5.41) is 8.13. The Morgan fingerprint density at radius 1 is 1.29 bits per heavy atom. The lowest BCUT2D eigenvalue weighted by Gasteiger charge is -2.03. The first-order valence-electron chi connectivity index (χ1n) is 4.32. The quantitative estimate of drug-likeness (QED) is 0.788. The van der Waals surface area contributed by atoms with Crippen LogP contribution in [0.4, 0.5) is 17.6 Å². The van der Waals surface area contributed by atoms with E-state index in [1.165, 1.54) is 0 Å². The van der Waals surface area contributed by atoms with E-state index in [9.17, 15) is 22.4 Å². The van der Waals surface area contributed by atoms with Gasteiger partial charge in [-0.25, -0.2) is 9.18 Å². The number of carbonyl (C=O) groups is 1. The van der Waals surface area contributed by atoms with Gasteiger partial charge in [-0.3, -0.25) is 0 Å². The van der Waals surface area contributed by atoms with E-state index in [1.807, 2.05) is 0 Å². The molecule has 0 saturated carbocycles. The maximum absolute atomic E-state index is 13.2. The molecule has 0 atom stereocenters. The molecule has 0 aliphatic heterocycles. The van der Waals surface area contributed by atoms with Crippen molar-refractivity contribution in [3.8, 4) is 0 Å². The molecule has 0 saturated heterocycles. The standard InChI is InChI=1S/C10H4F4O3/c11-7-2-8-4(1-5(7)9(15)16)6(3-17-8)10(12,13)14/h1-3H,(H,15,16). The molecular formula is C10H4F4O3. The molecule has 1 aromatic heterocycles. The SMILES string of the molecule is O=C(O)c1cc2c(C(F)(F)F)coc2cc1F. The fourth-order valence-corrected chi connectivity index (χ4v) is 1.43. The van der Waals surface area contributed by atoms with Gasteiger partial charge in [0.05, 0.1) is 5.56 Å². The monoisotopic (exact) mass is 248 g/mol. The molecule has 2 rings (SSSR count). The van der Waals surface area contributed by atoms with Gasteiger partial charge in [-0.2, -0.15) is 13.2 Å². The lowest BCUT2D eigenvalue weighted by Crippen LogP contribution is -2.05. The number of carboxylic acid groups (broad SMARTS) is 1. The smallest absolute Gasteiger partial charge is 0.420 e. The molecule has 0 spiro atoms. The predicted molar refractivity (Wildman–Crippen MR) is 48.1 cm³/mol. The summed E-state index contributed by atoms with van der Waals surface area (Å²) in [6.07, 6.45) is -4.26. The highest BCUT2D eigenvalue weighted by Crippen LogP contribution is 2.36. The molecule has 0 bridgehead atoms. The molecule has 17 heavy (non-hydrogen) atoms. The molecule has 1 heterocycles. The van der Waals surface area contributed by atoms with Crippen molar-refractivity contribution in [1.82, 2.24) is 0 Å². The van der Waals surface area contributed by atoms with Crippen LogP contribution in [0.15, 0.2) is 22.8 Å². The maximum atomic E-state index is 13.2. The first kappa shape index (κ1) is 11.4. The summed E-state index contributed by atoms with van der Waals surface area (Å²) in [5.41, 5.74) is -2.31. The zero-order valence-corrected chi connectivity index (χ0v) is 8.01. The number of aromatic carboxylic acids is 1. The Kier molecular flexibility index (Phi) is 2.34. The number of benzene rings is 1. The Labute approximate surface area is 91.3 Å². The number of hydrogen-bond donors (Lipinski definition) is 1. The zero-order chi connectivity index (χ0) is 12.8. The Morgan fingerprint density at radius 3 is 2.47 bits per heavy atom. The third kappa shape index (κ3) is 1.83. The molecule has 0 amide bonds. The van der Waals surface area contributed by atoms with E-state index in [0.29, 0.717) is 18.4 Å². The third-order valence-corrected chi connectivity index (χ3v) is 2.20. The van der Waals surface area contributed by atoms with Crippen LogP contribution < -0.4 is 0 Å². The summed E-state index contributed by atoms with van der Waals surface area (Å²) in [7, 11) is 0. The molecular weight excluding hydrogens is 244 g/mol. The largest absolute Gasteiger partial charge is 0.478 e. The van der Waals surface area contributed by atoms with Gasteiger partial charge in [0, 0.05) is 11.5 Å². The van der Waals surface area contributed by atoms with Gasteiger partial charge in [-0.15, -0.1) is 0 Å². The minimum absolute atomic E-state index is 0.347. The van der Waals surface area contributed by atoms with Crippen LogP contribution in [0.5, 0.6) is 0 Å². The first-order chi connectivity index (χ1) is 7.80.